The Hall–Kier alpha value is -2.23. The molecular formula is C28H42O4. The number of hydrogen-bond donors (Lipinski definition) is 2. The number of allylic oxidation sites excluding steroid dienone is 3. The summed E-state index contributed by atoms with van der Waals surface area (Å²) in [5.41, 5.74) is 3.55. The van der Waals surface area contributed by atoms with E-state index in [1.165, 1.54) is 5.57 Å². The summed E-state index contributed by atoms with van der Waals surface area (Å²) in [7, 11) is 0. The van der Waals surface area contributed by atoms with Crippen molar-refractivity contribution in [2.75, 3.05) is 6.61 Å². The lowest BCUT2D eigenvalue weighted by molar-refractivity contribution is 0.0493. The van der Waals surface area contributed by atoms with Crippen molar-refractivity contribution in [1.82, 2.24) is 0 Å². The van der Waals surface area contributed by atoms with E-state index in [0.717, 1.165) is 63.4 Å². The van der Waals surface area contributed by atoms with Crippen LogP contribution < -0.4 is 0 Å². The Kier molecular flexibility index (Phi) is 10.3. The van der Waals surface area contributed by atoms with E-state index in [9.17, 15) is 15.0 Å². The molecule has 0 aromatic heterocycles. The molecular weight excluding hydrogens is 400 g/mol. The van der Waals surface area contributed by atoms with Crippen LogP contribution >= 0.6 is 0 Å². The molecule has 0 fully saturated rings. The third-order valence-corrected chi connectivity index (χ3v) is 6.60. The van der Waals surface area contributed by atoms with Gasteiger partial charge in [0.05, 0.1) is 6.61 Å². The average molecular weight is 443 g/mol. The number of hydrogen-bond acceptors (Lipinski definition) is 4. The zero-order valence-electron chi connectivity index (χ0n) is 20.5. The van der Waals surface area contributed by atoms with E-state index in [-0.39, 0.29) is 28.9 Å². The summed E-state index contributed by atoms with van der Waals surface area (Å²) in [5.74, 6) is -0.663. The minimum atomic E-state index is -0.491. The van der Waals surface area contributed by atoms with Gasteiger partial charge in [-0.2, -0.15) is 0 Å². The summed E-state index contributed by atoms with van der Waals surface area (Å²) in [6, 6.07) is 1.67. The molecule has 178 valence electrons. The third kappa shape index (κ3) is 6.63. The minimum Gasteiger partial charge on any atom is -0.507 e. The normalized spacial score (nSPS) is 18.3. The predicted molar refractivity (Wildman–Crippen MR) is 131 cm³/mol. The lowest BCUT2D eigenvalue weighted by atomic mass is 9.73. The van der Waals surface area contributed by atoms with Crippen LogP contribution in [0.1, 0.15) is 113 Å². The van der Waals surface area contributed by atoms with E-state index in [4.69, 9.17) is 4.74 Å². The Balaban J connectivity index is 2.45. The van der Waals surface area contributed by atoms with Gasteiger partial charge in [-0.3, -0.25) is 0 Å². The number of unbranched alkanes of at least 4 members (excludes halogenated alkanes) is 5. The standard InChI is InChI=1S/C28H42O4/c1-6-8-10-12-16-32-28(31)25-21(13-11-9-7-2)18-24(29)26(27(25)30)23-17-20(5)14-15-22(23)19(3)4/h17-18,22-23,29-30H,3,6-16H2,1-2,4-5H3/t22-,23+/m0/s1. The molecule has 0 amide bonds. The highest BCUT2D eigenvalue weighted by atomic mass is 16.5. The summed E-state index contributed by atoms with van der Waals surface area (Å²) in [5, 5.41) is 22.3. The van der Waals surface area contributed by atoms with Crippen LogP contribution in [0.3, 0.4) is 0 Å². The first kappa shape index (κ1) is 26.0. The van der Waals surface area contributed by atoms with Crippen LogP contribution in [0, 0.1) is 5.92 Å². The fourth-order valence-electron chi connectivity index (χ4n) is 4.71. The Bertz CT molecular complexity index is 821. The van der Waals surface area contributed by atoms with Crippen molar-refractivity contribution >= 4 is 5.97 Å². The summed E-state index contributed by atoms with van der Waals surface area (Å²) in [6.45, 7) is 12.8. The van der Waals surface area contributed by atoms with E-state index in [0.29, 0.717) is 24.2 Å². The Labute approximate surface area is 194 Å². The van der Waals surface area contributed by atoms with Crippen molar-refractivity contribution in [3.05, 3.63) is 46.6 Å². The van der Waals surface area contributed by atoms with Gasteiger partial charge in [0.15, 0.2) is 0 Å². The number of aromatic hydroxyl groups is 2. The number of phenolic OH excluding ortho intramolecular Hbond substituents is 2. The third-order valence-electron chi connectivity index (χ3n) is 6.60. The van der Waals surface area contributed by atoms with Crippen LogP contribution in [0.2, 0.25) is 0 Å². The number of carbonyl (C=O) groups is 1. The monoisotopic (exact) mass is 442 g/mol. The summed E-state index contributed by atoms with van der Waals surface area (Å²) in [4.78, 5) is 13.1. The molecule has 1 aliphatic carbocycles. The highest BCUT2D eigenvalue weighted by molar-refractivity contribution is 5.95. The van der Waals surface area contributed by atoms with Gasteiger partial charge in [-0.1, -0.05) is 69.8 Å². The molecule has 2 rings (SSSR count). The molecule has 0 aliphatic heterocycles. The smallest absolute Gasteiger partial charge is 0.342 e. The zero-order valence-corrected chi connectivity index (χ0v) is 20.5. The maximum atomic E-state index is 13.1. The first-order valence-electron chi connectivity index (χ1n) is 12.4. The first-order chi connectivity index (χ1) is 15.3. The van der Waals surface area contributed by atoms with Crippen molar-refractivity contribution in [3.8, 4) is 11.5 Å². The van der Waals surface area contributed by atoms with E-state index in [2.05, 4.69) is 33.4 Å². The van der Waals surface area contributed by atoms with Gasteiger partial charge in [-0.05, 0) is 63.5 Å². The van der Waals surface area contributed by atoms with E-state index in [1.807, 2.05) is 6.92 Å². The van der Waals surface area contributed by atoms with Crippen molar-refractivity contribution in [2.24, 2.45) is 5.92 Å². The predicted octanol–water partition coefficient (Wildman–Crippen LogP) is 7.58. The van der Waals surface area contributed by atoms with Crippen LogP contribution in [0.15, 0.2) is 29.9 Å². The van der Waals surface area contributed by atoms with E-state index >= 15 is 0 Å². The summed E-state index contributed by atoms with van der Waals surface area (Å²) in [6.07, 6.45) is 11.7. The molecule has 1 aromatic rings. The SMILES string of the molecule is C=C(C)[C@@H]1CCC(C)=C[C@H]1c1c(O)cc(CCCCC)c(C(=O)OCCCCCC)c1O. The van der Waals surface area contributed by atoms with Crippen LogP contribution in [-0.4, -0.2) is 22.8 Å². The van der Waals surface area contributed by atoms with Gasteiger partial charge in [0, 0.05) is 11.5 Å². The maximum absolute atomic E-state index is 13.1. The molecule has 0 unspecified atom stereocenters. The van der Waals surface area contributed by atoms with Crippen LogP contribution in [0.5, 0.6) is 11.5 Å². The van der Waals surface area contributed by atoms with Crippen molar-refractivity contribution in [1.29, 1.82) is 0 Å². The molecule has 2 atom stereocenters. The quantitative estimate of drug-likeness (QED) is 0.199. The lowest BCUT2D eigenvalue weighted by Crippen LogP contribution is -2.19. The second-order valence-corrected chi connectivity index (χ2v) is 9.38. The second kappa shape index (κ2) is 12.7. The molecule has 0 spiro atoms. The van der Waals surface area contributed by atoms with Gasteiger partial charge in [0.2, 0.25) is 0 Å². The highest BCUT2D eigenvalue weighted by Crippen LogP contribution is 2.48. The largest absolute Gasteiger partial charge is 0.507 e. The van der Waals surface area contributed by atoms with Gasteiger partial charge < -0.3 is 14.9 Å². The number of rotatable bonds is 12. The molecule has 0 radical (unpaired) electrons. The second-order valence-electron chi connectivity index (χ2n) is 9.38. The van der Waals surface area contributed by atoms with Gasteiger partial charge >= 0.3 is 5.97 Å². The van der Waals surface area contributed by atoms with Crippen LogP contribution in [0.25, 0.3) is 0 Å². The van der Waals surface area contributed by atoms with Gasteiger partial charge in [-0.15, -0.1) is 0 Å². The number of benzene rings is 1. The molecule has 0 heterocycles. The average Bonchev–Trinajstić information content (AvgIpc) is 2.73. The van der Waals surface area contributed by atoms with Crippen LogP contribution in [-0.2, 0) is 11.2 Å². The van der Waals surface area contributed by atoms with Crippen LogP contribution in [0.4, 0.5) is 0 Å². The highest BCUT2D eigenvalue weighted by Gasteiger charge is 2.33. The molecule has 4 heteroatoms. The molecule has 1 aliphatic rings. The molecule has 0 bridgehead atoms. The summed E-state index contributed by atoms with van der Waals surface area (Å²) >= 11 is 0. The number of esters is 1. The fourth-order valence-corrected chi connectivity index (χ4v) is 4.71. The Morgan fingerprint density at radius 1 is 1.12 bits per heavy atom. The molecule has 2 N–H and O–H groups in total. The number of ether oxygens (including phenoxy) is 1. The molecule has 0 saturated heterocycles. The maximum Gasteiger partial charge on any atom is 0.342 e. The topological polar surface area (TPSA) is 66.8 Å². The molecule has 4 nitrogen and oxygen atoms in total. The fraction of sp³-hybridized carbons (Fsp3) is 0.607. The van der Waals surface area contributed by atoms with E-state index < -0.39 is 5.97 Å². The Morgan fingerprint density at radius 2 is 1.81 bits per heavy atom. The lowest BCUT2D eigenvalue weighted by Gasteiger charge is -2.32. The molecule has 1 aromatic carbocycles. The van der Waals surface area contributed by atoms with E-state index in [1.54, 1.807) is 6.07 Å². The van der Waals surface area contributed by atoms with Crippen molar-refractivity contribution in [2.45, 2.75) is 97.8 Å². The van der Waals surface area contributed by atoms with Crippen molar-refractivity contribution < 1.29 is 19.7 Å². The molecule has 0 saturated carbocycles. The zero-order chi connectivity index (χ0) is 23.7. The molecule has 32 heavy (non-hydrogen) atoms. The van der Waals surface area contributed by atoms with Gasteiger partial charge in [0.25, 0.3) is 0 Å². The first-order valence-corrected chi connectivity index (χ1v) is 12.4. The van der Waals surface area contributed by atoms with Crippen molar-refractivity contribution in [3.63, 3.8) is 0 Å². The van der Waals surface area contributed by atoms with Gasteiger partial charge in [-0.25, -0.2) is 4.79 Å². The number of phenols is 2. The number of carbonyl (C=O) groups excluding carboxylic acids is 1. The Morgan fingerprint density at radius 3 is 2.47 bits per heavy atom. The van der Waals surface area contributed by atoms with Gasteiger partial charge in [0.1, 0.15) is 17.1 Å². The number of aryl methyl sites for hydroxylation is 1. The summed E-state index contributed by atoms with van der Waals surface area (Å²) < 4.78 is 5.57. The minimum absolute atomic E-state index is 0.0516.